The van der Waals surface area contributed by atoms with Gasteiger partial charge in [0.15, 0.2) is 0 Å². The van der Waals surface area contributed by atoms with Gasteiger partial charge >= 0.3 is 0 Å². The average molecular weight is 274 g/mol. The van der Waals surface area contributed by atoms with Crippen molar-refractivity contribution in [3.63, 3.8) is 0 Å². The van der Waals surface area contributed by atoms with Crippen molar-refractivity contribution in [2.24, 2.45) is 5.41 Å². The van der Waals surface area contributed by atoms with Crippen LogP contribution in [0.25, 0.3) is 0 Å². The number of aromatic nitrogens is 2. The van der Waals surface area contributed by atoms with Crippen LogP contribution >= 0.6 is 0 Å². The van der Waals surface area contributed by atoms with Crippen LogP contribution in [-0.2, 0) is 0 Å². The van der Waals surface area contributed by atoms with Crippen molar-refractivity contribution < 1.29 is 0 Å². The number of rotatable bonds is 2. The Kier molecular flexibility index (Phi) is 3.81. The number of hydrogen-bond acceptors (Lipinski definition) is 4. The highest BCUT2D eigenvalue weighted by Gasteiger charge is 2.35. The SMILES string of the molecule is CNc1cc(N2CCC3(CCCCC3)CC2)nc(C)n1. The van der Waals surface area contributed by atoms with Gasteiger partial charge in [-0.3, -0.25) is 0 Å². The van der Waals surface area contributed by atoms with Crippen LogP contribution in [0.3, 0.4) is 0 Å². The molecule has 0 radical (unpaired) electrons. The number of anilines is 2. The van der Waals surface area contributed by atoms with Crippen molar-refractivity contribution in [1.29, 1.82) is 0 Å². The van der Waals surface area contributed by atoms with E-state index in [2.05, 4.69) is 26.3 Å². The molecular formula is C16H26N4. The summed E-state index contributed by atoms with van der Waals surface area (Å²) < 4.78 is 0. The predicted molar refractivity (Wildman–Crippen MR) is 83.3 cm³/mol. The fourth-order valence-electron chi connectivity index (χ4n) is 3.85. The molecule has 4 nitrogen and oxygen atoms in total. The maximum atomic E-state index is 4.61. The highest BCUT2D eigenvalue weighted by molar-refractivity contribution is 5.49. The number of aryl methyl sites for hydroxylation is 1. The Bertz CT molecular complexity index is 456. The van der Waals surface area contributed by atoms with Crippen molar-refractivity contribution in [2.45, 2.75) is 51.9 Å². The lowest BCUT2D eigenvalue weighted by atomic mass is 9.68. The molecule has 1 N–H and O–H groups in total. The van der Waals surface area contributed by atoms with E-state index in [0.717, 1.165) is 30.5 Å². The second kappa shape index (κ2) is 5.58. The first kappa shape index (κ1) is 13.7. The van der Waals surface area contributed by atoms with Gasteiger partial charge in [-0.15, -0.1) is 0 Å². The first-order valence-electron chi connectivity index (χ1n) is 7.99. The number of hydrogen-bond donors (Lipinski definition) is 1. The quantitative estimate of drug-likeness (QED) is 0.897. The third-order valence-corrected chi connectivity index (χ3v) is 5.14. The first-order chi connectivity index (χ1) is 9.71. The van der Waals surface area contributed by atoms with Gasteiger partial charge in [-0.2, -0.15) is 0 Å². The molecule has 4 heteroatoms. The summed E-state index contributed by atoms with van der Waals surface area (Å²) in [5.41, 5.74) is 0.655. The molecule has 1 saturated carbocycles. The van der Waals surface area contributed by atoms with Gasteiger partial charge in [0.05, 0.1) is 0 Å². The molecule has 0 aromatic carbocycles. The molecule has 0 unspecified atom stereocenters. The zero-order chi connectivity index (χ0) is 14.0. The van der Waals surface area contributed by atoms with Crippen LogP contribution < -0.4 is 10.2 Å². The molecule has 1 aromatic rings. The zero-order valence-electron chi connectivity index (χ0n) is 12.8. The molecule has 1 aromatic heterocycles. The molecule has 0 atom stereocenters. The summed E-state index contributed by atoms with van der Waals surface area (Å²) in [4.78, 5) is 11.4. The fourth-order valence-corrected chi connectivity index (χ4v) is 3.85. The van der Waals surface area contributed by atoms with Crippen LogP contribution in [0.2, 0.25) is 0 Å². The van der Waals surface area contributed by atoms with Crippen molar-refractivity contribution in [3.05, 3.63) is 11.9 Å². The van der Waals surface area contributed by atoms with Crippen LogP contribution in [0.1, 0.15) is 50.8 Å². The van der Waals surface area contributed by atoms with Gasteiger partial charge in [-0.05, 0) is 38.0 Å². The molecule has 110 valence electrons. The van der Waals surface area contributed by atoms with Gasteiger partial charge in [-0.1, -0.05) is 19.3 Å². The van der Waals surface area contributed by atoms with Gasteiger partial charge < -0.3 is 10.2 Å². The molecule has 2 fully saturated rings. The van der Waals surface area contributed by atoms with E-state index in [0.29, 0.717) is 5.41 Å². The summed E-state index contributed by atoms with van der Waals surface area (Å²) in [6, 6.07) is 2.08. The smallest absolute Gasteiger partial charge is 0.134 e. The lowest BCUT2D eigenvalue weighted by Crippen LogP contribution is -2.41. The van der Waals surface area contributed by atoms with E-state index in [1.54, 1.807) is 0 Å². The predicted octanol–water partition coefficient (Wildman–Crippen LogP) is 3.38. The van der Waals surface area contributed by atoms with E-state index >= 15 is 0 Å². The monoisotopic (exact) mass is 274 g/mol. The Labute approximate surface area is 122 Å². The summed E-state index contributed by atoms with van der Waals surface area (Å²) >= 11 is 0. The van der Waals surface area contributed by atoms with Gasteiger partial charge in [0.1, 0.15) is 17.5 Å². The number of nitrogens with one attached hydrogen (secondary N) is 1. The number of piperidine rings is 1. The Balaban J connectivity index is 1.70. The Hall–Kier alpha value is -1.32. The molecule has 2 heterocycles. The van der Waals surface area contributed by atoms with Gasteiger partial charge in [0.25, 0.3) is 0 Å². The maximum Gasteiger partial charge on any atom is 0.134 e. The normalized spacial score (nSPS) is 22.0. The minimum Gasteiger partial charge on any atom is -0.373 e. The van der Waals surface area contributed by atoms with E-state index in [9.17, 15) is 0 Å². The van der Waals surface area contributed by atoms with Gasteiger partial charge in [0.2, 0.25) is 0 Å². The third kappa shape index (κ3) is 2.74. The fraction of sp³-hybridized carbons (Fsp3) is 0.750. The first-order valence-corrected chi connectivity index (χ1v) is 7.99. The Morgan fingerprint density at radius 2 is 1.75 bits per heavy atom. The van der Waals surface area contributed by atoms with Crippen LogP contribution in [0, 0.1) is 12.3 Å². The van der Waals surface area contributed by atoms with Crippen molar-refractivity contribution in [1.82, 2.24) is 9.97 Å². The van der Waals surface area contributed by atoms with Crippen LogP contribution in [0.15, 0.2) is 6.07 Å². The topological polar surface area (TPSA) is 41.0 Å². The summed E-state index contributed by atoms with van der Waals surface area (Å²) in [6.45, 7) is 4.27. The summed E-state index contributed by atoms with van der Waals surface area (Å²) in [6.07, 6.45) is 9.90. The summed E-state index contributed by atoms with van der Waals surface area (Å²) in [7, 11) is 1.92. The standard InChI is InChI=1S/C16H26N4/c1-13-18-14(17-2)12-15(19-13)20-10-8-16(9-11-20)6-4-3-5-7-16/h12H,3-11H2,1-2H3,(H,17,18,19). The summed E-state index contributed by atoms with van der Waals surface area (Å²) in [5, 5.41) is 3.13. The van der Waals surface area contributed by atoms with Crippen molar-refractivity contribution in [3.8, 4) is 0 Å². The molecule has 0 amide bonds. The van der Waals surface area contributed by atoms with E-state index in [1.807, 2.05) is 14.0 Å². The molecule has 3 rings (SSSR count). The lowest BCUT2D eigenvalue weighted by Gasteiger charge is -2.44. The molecule has 1 aliphatic carbocycles. The minimum atomic E-state index is 0.655. The second-order valence-electron chi connectivity index (χ2n) is 6.46. The van der Waals surface area contributed by atoms with E-state index < -0.39 is 0 Å². The molecule has 2 aliphatic rings. The Morgan fingerprint density at radius 3 is 2.40 bits per heavy atom. The van der Waals surface area contributed by atoms with Crippen LogP contribution in [0.4, 0.5) is 11.6 Å². The largest absolute Gasteiger partial charge is 0.373 e. The molecule has 0 bridgehead atoms. The maximum absolute atomic E-state index is 4.61. The summed E-state index contributed by atoms with van der Waals surface area (Å²) in [5.74, 6) is 2.86. The highest BCUT2D eigenvalue weighted by Crippen LogP contribution is 2.44. The molecule has 1 aliphatic heterocycles. The third-order valence-electron chi connectivity index (χ3n) is 5.14. The molecule has 20 heavy (non-hydrogen) atoms. The lowest BCUT2D eigenvalue weighted by molar-refractivity contribution is 0.144. The molecule has 1 saturated heterocycles. The van der Waals surface area contributed by atoms with E-state index in [1.165, 1.54) is 44.9 Å². The van der Waals surface area contributed by atoms with Crippen LogP contribution in [-0.4, -0.2) is 30.1 Å². The van der Waals surface area contributed by atoms with Crippen molar-refractivity contribution >= 4 is 11.6 Å². The minimum absolute atomic E-state index is 0.655. The second-order valence-corrected chi connectivity index (χ2v) is 6.46. The van der Waals surface area contributed by atoms with E-state index in [-0.39, 0.29) is 0 Å². The highest BCUT2D eigenvalue weighted by atomic mass is 15.2. The molecule has 1 spiro atoms. The average Bonchev–Trinajstić information content (AvgIpc) is 2.48. The zero-order valence-corrected chi connectivity index (χ0v) is 12.8. The van der Waals surface area contributed by atoms with Crippen LogP contribution in [0.5, 0.6) is 0 Å². The van der Waals surface area contributed by atoms with Gasteiger partial charge in [-0.25, -0.2) is 9.97 Å². The van der Waals surface area contributed by atoms with Crippen molar-refractivity contribution in [2.75, 3.05) is 30.4 Å². The number of nitrogens with zero attached hydrogens (tertiary/aromatic N) is 3. The van der Waals surface area contributed by atoms with E-state index in [4.69, 9.17) is 0 Å². The van der Waals surface area contributed by atoms with Gasteiger partial charge in [0, 0.05) is 26.2 Å². The Morgan fingerprint density at radius 1 is 1.05 bits per heavy atom. The molecular weight excluding hydrogens is 248 g/mol.